The third-order valence-corrected chi connectivity index (χ3v) is 7.09. The summed E-state index contributed by atoms with van der Waals surface area (Å²) < 4.78 is 19.7. The Morgan fingerprint density at radius 3 is 2.49 bits per heavy atom. The van der Waals surface area contributed by atoms with Crippen molar-refractivity contribution in [2.24, 2.45) is 5.92 Å². The second-order valence-electron chi connectivity index (χ2n) is 9.94. The van der Waals surface area contributed by atoms with Crippen LogP contribution in [0.4, 0.5) is 4.39 Å². The Kier molecular flexibility index (Phi) is 7.99. The second-order valence-corrected chi connectivity index (χ2v) is 10.3. The van der Waals surface area contributed by atoms with Crippen LogP contribution in [0.5, 0.6) is 0 Å². The zero-order chi connectivity index (χ0) is 26.9. The maximum atomic E-state index is 14.3. The summed E-state index contributed by atoms with van der Waals surface area (Å²) in [5.41, 5.74) is 2.42. The third-order valence-electron chi connectivity index (χ3n) is 6.77. The van der Waals surface area contributed by atoms with Crippen LogP contribution in [0.15, 0.2) is 53.1 Å². The number of nitrogens with zero attached hydrogens (tertiary/aromatic N) is 2. The van der Waals surface area contributed by atoms with Crippen LogP contribution in [-0.2, 0) is 9.59 Å². The number of carbonyl (C=O) groups is 2. The van der Waals surface area contributed by atoms with E-state index in [1.165, 1.54) is 11.0 Å². The number of aromatic nitrogens is 1. The average molecular weight is 528 g/mol. The van der Waals surface area contributed by atoms with Crippen molar-refractivity contribution >= 4 is 23.4 Å². The molecule has 1 aliphatic heterocycles. The lowest BCUT2D eigenvalue weighted by Crippen LogP contribution is -2.48. The first kappa shape index (κ1) is 26.8. The molecular formula is C28H31ClFN3O4. The molecule has 37 heavy (non-hydrogen) atoms. The van der Waals surface area contributed by atoms with Crippen molar-refractivity contribution in [1.29, 1.82) is 0 Å². The summed E-state index contributed by atoms with van der Waals surface area (Å²) in [6.07, 6.45) is -0.654. The lowest BCUT2D eigenvalue weighted by Gasteiger charge is -2.29. The Morgan fingerprint density at radius 1 is 1.19 bits per heavy atom. The summed E-state index contributed by atoms with van der Waals surface area (Å²) in [5, 5.41) is 17.5. The molecule has 1 aromatic heterocycles. The van der Waals surface area contributed by atoms with Crippen LogP contribution < -0.4 is 5.32 Å². The van der Waals surface area contributed by atoms with Gasteiger partial charge in [0.15, 0.2) is 0 Å². The Balaban J connectivity index is 1.49. The summed E-state index contributed by atoms with van der Waals surface area (Å²) in [7, 11) is 0. The standard InChI is InChI=1S/C28H31ClFN3O4/c1-15(2)25(24-12-16(3)32-37-24)28(36)33-14-20(34)13-23(33)27(35)31-17(4)18-8-10-19(11-9-18)26-21(29)6-5-7-22(26)30/h5-12,15,17,20,23,25,34H,13-14H2,1-4H3,(H,31,35)/t17-,20+,23-,25+/m0/s1. The molecule has 2 amide bonds. The van der Waals surface area contributed by atoms with Crippen molar-refractivity contribution in [3.8, 4) is 11.1 Å². The van der Waals surface area contributed by atoms with Gasteiger partial charge in [-0.2, -0.15) is 0 Å². The Bertz CT molecular complexity index is 1260. The summed E-state index contributed by atoms with van der Waals surface area (Å²) >= 11 is 6.18. The number of rotatable bonds is 7. The van der Waals surface area contributed by atoms with Crippen LogP contribution in [0, 0.1) is 18.7 Å². The summed E-state index contributed by atoms with van der Waals surface area (Å²) in [6.45, 7) is 7.49. The Morgan fingerprint density at radius 2 is 1.89 bits per heavy atom. The van der Waals surface area contributed by atoms with E-state index in [9.17, 15) is 19.1 Å². The number of halogens is 2. The topological polar surface area (TPSA) is 95.7 Å². The van der Waals surface area contributed by atoms with Crippen molar-refractivity contribution < 1.29 is 23.6 Å². The van der Waals surface area contributed by atoms with Gasteiger partial charge in [0, 0.05) is 24.6 Å². The SMILES string of the molecule is Cc1cc([C@H](C(=O)N2C[C@H](O)C[C@H]2C(=O)N[C@@H](C)c2ccc(-c3c(F)cccc3Cl)cc2)C(C)C)on1. The van der Waals surface area contributed by atoms with Crippen molar-refractivity contribution in [1.82, 2.24) is 15.4 Å². The zero-order valence-corrected chi connectivity index (χ0v) is 22.0. The number of β-amino-alcohol motifs (C(OH)–C–C–N with tert-alkyl or cyclic N) is 1. The molecule has 196 valence electrons. The fraction of sp³-hybridized carbons (Fsp3) is 0.393. The first-order valence-electron chi connectivity index (χ1n) is 12.3. The second kappa shape index (κ2) is 11.0. The predicted octanol–water partition coefficient (Wildman–Crippen LogP) is 5.02. The maximum Gasteiger partial charge on any atom is 0.243 e. The van der Waals surface area contributed by atoms with Crippen LogP contribution in [0.25, 0.3) is 11.1 Å². The van der Waals surface area contributed by atoms with Gasteiger partial charge in [-0.1, -0.05) is 60.9 Å². The predicted molar refractivity (Wildman–Crippen MR) is 138 cm³/mol. The van der Waals surface area contributed by atoms with Crippen molar-refractivity contribution in [3.63, 3.8) is 0 Å². The number of amides is 2. The molecule has 0 aliphatic carbocycles. The molecule has 2 aromatic carbocycles. The first-order valence-corrected chi connectivity index (χ1v) is 12.7. The number of hydrogen-bond acceptors (Lipinski definition) is 5. The minimum Gasteiger partial charge on any atom is -0.391 e. The highest BCUT2D eigenvalue weighted by molar-refractivity contribution is 6.33. The van der Waals surface area contributed by atoms with E-state index in [4.69, 9.17) is 16.1 Å². The number of nitrogens with one attached hydrogen (secondary N) is 1. The lowest BCUT2D eigenvalue weighted by molar-refractivity contribution is -0.141. The van der Waals surface area contributed by atoms with E-state index in [1.807, 2.05) is 20.8 Å². The largest absolute Gasteiger partial charge is 0.391 e. The van der Waals surface area contributed by atoms with Crippen molar-refractivity contribution in [2.45, 2.75) is 58.2 Å². The molecule has 4 rings (SSSR count). The van der Waals surface area contributed by atoms with E-state index in [1.54, 1.807) is 49.4 Å². The van der Waals surface area contributed by atoms with E-state index in [0.717, 1.165) is 5.56 Å². The highest BCUT2D eigenvalue weighted by Gasteiger charge is 2.43. The number of carbonyl (C=O) groups excluding carboxylic acids is 2. The molecule has 2 N–H and O–H groups in total. The van der Waals surface area contributed by atoms with Crippen molar-refractivity contribution in [3.05, 3.63) is 76.4 Å². The molecular weight excluding hydrogens is 497 g/mol. The van der Waals surface area contributed by atoms with E-state index in [0.29, 0.717) is 27.6 Å². The molecule has 9 heteroatoms. The van der Waals surface area contributed by atoms with Crippen LogP contribution in [0.1, 0.15) is 56.2 Å². The quantitative estimate of drug-likeness (QED) is 0.450. The smallest absolute Gasteiger partial charge is 0.243 e. The summed E-state index contributed by atoms with van der Waals surface area (Å²) in [5.74, 6) is -1.30. The van der Waals surface area contributed by atoms with Gasteiger partial charge in [0.05, 0.1) is 22.9 Å². The van der Waals surface area contributed by atoms with E-state index < -0.39 is 23.9 Å². The molecule has 2 heterocycles. The van der Waals surface area contributed by atoms with Crippen LogP contribution in [-0.4, -0.2) is 45.7 Å². The fourth-order valence-electron chi connectivity index (χ4n) is 4.85. The van der Waals surface area contributed by atoms with E-state index in [-0.39, 0.29) is 36.7 Å². The van der Waals surface area contributed by atoms with Crippen LogP contribution >= 0.6 is 11.6 Å². The molecule has 0 radical (unpaired) electrons. The van der Waals surface area contributed by atoms with Gasteiger partial charge in [0.25, 0.3) is 0 Å². The zero-order valence-electron chi connectivity index (χ0n) is 21.2. The summed E-state index contributed by atoms with van der Waals surface area (Å²) in [6, 6.07) is 12.2. The number of aliphatic hydroxyl groups excluding tert-OH is 1. The van der Waals surface area contributed by atoms with Gasteiger partial charge < -0.3 is 19.8 Å². The third kappa shape index (κ3) is 5.70. The fourth-order valence-corrected chi connectivity index (χ4v) is 5.13. The maximum absolute atomic E-state index is 14.3. The minimum atomic E-state index is -0.813. The van der Waals surface area contributed by atoms with Crippen LogP contribution in [0.3, 0.4) is 0 Å². The first-order chi connectivity index (χ1) is 17.6. The molecule has 3 aromatic rings. The molecule has 1 saturated heterocycles. The van der Waals surface area contributed by atoms with Gasteiger partial charge >= 0.3 is 0 Å². The summed E-state index contributed by atoms with van der Waals surface area (Å²) in [4.78, 5) is 28.3. The molecule has 0 unspecified atom stereocenters. The average Bonchev–Trinajstić information content (AvgIpc) is 3.44. The Hall–Kier alpha value is -3.23. The number of aliphatic hydroxyl groups is 1. The number of hydrogen-bond donors (Lipinski definition) is 2. The van der Waals surface area contributed by atoms with E-state index in [2.05, 4.69) is 10.5 Å². The van der Waals surface area contributed by atoms with Crippen molar-refractivity contribution in [2.75, 3.05) is 6.54 Å². The molecule has 1 aliphatic rings. The molecule has 0 saturated carbocycles. The highest BCUT2D eigenvalue weighted by atomic mass is 35.5. The molecule has 4 atom stereocenters. The Labute approximate surface area is 220 Å². The number of likely N-dealkylation sites (tertiary alicyclic amines) is 1. The van der Waals surface area contributed by atoms with Gasteiger partial charge in [0.2, 0.25) is 11.8 Å². The molecule has 0 bridgehead atoms. The minimum absolute atomic E-state index is 0.0692. The molecule has 1 fully saturated rings. The van der Waals surface area contributed by atoms with Gasteiger partial charge in [-0.05, 0) is 43.0 Å². The highest BCUT2D eigenvalue weighted by Crippen LogP contribution is 2.33. The van der Waals surface area contributed by atoms with Gasteiger partial charge in [-0.25, -0.2) is 4.39 Å². The van der Waals surface area contributed by atoms with Gasteiger partial charge in [-0.15, -0.1) is 0 Å². The monoisotopic (exact) mass is 527 g/mol. The van der Waals surface area contributed by atoms with Gasteiger partial charge in [-0.3, -0.25) is 9.59 Å². The number of aryl methyl sites for hydroxylation is 1. The lowest BCUT2D eigenvalue weighted by atomic mass is 9.91. The number of benzene rings is 2. The van der Waals surface area contributed by atoms with Gasteiger partial charge in [0.1, 0.15) is 23.5 Å². The molecule has 0 spiro atoms. The normalized spacial score (nSPS) is 19.2. The van der Waals surface area contributed by atoms with Crippen LogP contribution in [0.2, 0.25) is 5.02 Å². The van der Waals surface area contributed by atoms with E-state index >= 15 is 0 Å². The molecule has 7 nitrogen and oxygen atoms in total.